The summed E-state index contributed by atoms with van der Waals surface area (Å²) in [6, 6.07) is 6.37. The van der Waals surface area contributed by atoms with Gasteiger partial charge in [0.05, 0.1) is 5.69 Å². The number of nitrogens with zero attached hydrogens (tertiary/aromatic N) is 2. The summed E-state index contributed by atoms with van der Waals surface area (Å²) < 4.78 is 20.7. The summed E-state index contributed by atoms with van der Waals surface area (Å²) >= 11 is 0. The molecule has 1 aromatic carbocycles. The Morgan fingerprint density at radius 2 is 2.25 bits per heavy atom. The first-order valence-electron chi connectivity index (χ1n) is 6.48. The Bertz CT molecular complexity index is 760. The highest BCUT2D eigenvalue weighted by Gasteiger charge is 2.21. The van der Waals surface area contributed by atoms with E-state index in [4.69, 9.17) is 4.42 Å². The lowest BCUT2D eigenvalue weighted by Gasteiger charge is -2.06. The number of halogens is 1. The Kier molecular flexibility index (Phi) is 3.06. The van der Waals surface area contributed by atoms with Crippen LogP contribution in [0.15, 0.2) is 34.9 Å². The highest BCUT2D eigenvalue weighted by Crippen LogP contribution is 2.30. The number of benzene rings is 1. The third-order valence-corrected chi connectivity index (χ3v) is 3.35. The smallest absolute Gasteiger partial charge is 0.170 e. The second kappa shape index (κ2) is 4.76. The van der Waals surface area contributed by atoms with Crippen LogP contribution in [0.4, 0.5) is 4.39 Å². The normalized spacial score (nSPS) is 13.0. The summed E-state index contributed by atoms with van der Waals surface area (Å²) in [6.07, 6.45) is 1.53. The quantitative estimate of drug-likeness (QED) is 0.799. The van der Waals surface area contributed by atoms with Crippen LogP contribution in [0.1, 0.15) is 30.0 Å². The molecule has 0 aliphatic heterocycles. The Hall–Kier alpha value is -2.14. The van der Waals surface area contributed by atoms with Crippen molar-refractivity contribution in [2.45, 2.75) is 19.4 Å². The number of hydrogen-bond donors (Lipinski definition) is 1. The molecule has 0 saturated heterocycles. The van der Waals surface area contributed by atoms with Crippen molar-refractivity contribution in [2.24, 2.45) is 7.05 Å². The topological polar surface area (TPSA) is 51.2 Å². The molecule has 2 heterocycles. The molecule has 0 bridgehead atoms. The number of aromatic nitrogens is 2. The Balaban J connectivity index is 2.07. The fourth-order valence-corrected chi connectivity index (χ4v) is 2.39. The third kappa shape index (κ3) is 2.00. The van der Waals surface area contributed by atoms with E-state index < -0.39 is 11.9 Å². The Labute approximate surface area is 115 Å². The van der Waals surface area contributed by atoms with Crippen LogP contribution < -0.4 is 0 Å². The molecule has 0 spiro atoms. The van der Waals surface area contributed by atoms with Crippen molar-refractivity contribution in [2.75, 3.05) is 0 Å². The second-order valence-corrected chi connectivity index (χ2v) is 4.77. The average Bonchev–Trinajstić information content (AvgIpc) is 3.02. The van der Waals surface area contributed by atoms with E-state index in [1.165, 1.54) is 6.07 Å². The second-order valence-electron chi connectivity index (χ2n) is 4.77. The van der Waals surface area contributed by atoms with E-state index in [1.807, 2.05) is 6.92 Å². The van der Waals surface area contributed by atoms with Gasteiger partial charge < -0.3 is 9.52 Å². The molecule has 2 aromatic heterocycles. The van der Waals surface area contributed by atoms with Gasteiger partial charge in [-0.15, -0.1) is 0 Å². The molecule has 3 aromatic rings. The molecule has 1 N–H and O–H groups in total. The Morgan fingerprint density at radius 3 is 2.95 bits per heavy atom. The zero-order valence-corrected chi connectivity index (χ0v) is 11.3. The first kappa shape index (κ1) is 12.9. The van der Waals surface area contributed by atoms with E-state index in [2.05, 4.69) is 5.10 Å². The number of hydrogen-bond acceptors (Lipinski definition) is 3. The van der Waals surface area contributed by atoms with Gasteiger partial charge in [0, 0.05) is 24.2 Å². The molecule has 0 radical (unpaired) electrons. The van der Waals surface area contributed by atoms with Gasteiger partial charge in [-0.05, 0) is 18.6 Å². The number of furan rings is 1. The lowest BCUT2D eigenvalue weighted by Crippen LogP contribution is -2.00. The monoisotopic (exact) mass is 274 g/mol. The van der Waals surface area contributed by atoms with Crippen molar-refractivity contribution < 1.29 is 13.9 Å². The van der Waals surface area contributed by atoms with Gasteiger partial charge in [-0.25, -0.2) is 4.39 Å². The zero-order valence-electron chi connectivity index (χ0n) is 11.3. The first-order valence-corrected chi connectivity index (χ1v) is 6.48. The maximum Gasteiger partial charge on any atom is 0.170 e. The fraction of sp³-hybridized carbons (Fsp3) is 0.267. The predicted octanol–water partition coefficient (Wildman–Crippen LogP) is 2.95. The van der Waals surface area contributed by atoms with Crippen LogP contribution in [-0.2, 0) is 13.5 Å². The SMILES string of the molecule is CCc1nn(C)cc1C(O)c1cc2cccc(F)c2o1. The van der Waals surface area contributed by atoms with Gasteiger partial charge in [-0.1, -0.05) is 19.1 Å². The van der Waals surface area contributed by atoms with Gasteiger partial charge in [0.25, 0.3) is 0 Å². The molecule has 20 heavy (non-hydrogen) atoms. The molecule has 3 rings (SSSR count). The van der Waals surface area contributed by atoms with Crippen LogP contribution in [-0.4, -0.2) is 14.9 Å². The van der Waals surface area contributed by atoms with Crippen molar-refractivity contribution in [1.82, 2.24) is 9.78 Å². The zero-order chi connectivity index (χ0) is 14.3. The largest absolute Gasteiger partial charge is 0.455 e. The minimum absolute atomic E-state index is 0.170. The molecule has 0 amide bonds. The van der Waals surface area contributed by atoms with Gasteiger partial charge in [0.1, 0.15) is 11.9 Å². The third-order valence-electron chi connectivity index (χ3n) is 3.35. The van der Waals surface area contributed by atoms with Crippen LogP contribution >= 0.6 is 0 Å². The van der Waals surface area contributed by atoms with E-state index in [0.717, 1.165) is 5.69 Å². The van der Waals surface area contributed by atoms with Gasteiger partial charge in [0.2, 0.25) is 0 Å². The van der Waals surface area contributed by atoms with Crippen molar-refractivity contribution in [1.29, 1.82) is 0 Å². The fourth-order valence-electron chi connectivity index (χ4n) is 2.39. The summed E-state index contributed by atoms with van der Waals surface area (Å²) in [5.74, 6) is -0.101. The van der Waals surface area contributed by atoms with Gasteiger partial charge >= 0.3 is 0 Å². The lowest BCUT2D eigenvalue weighted by atomic mass is 10.1. The highest BCUT2D eigenvalue weighted by molar-refractivity contribution is 5.78. The van der Waals surface area contributed by atoms with Gasteiger partial charge in [-0.2, -0.15) is 5.10 Å². The number of aryl methyl sites for hydroxylation is 2. The van der Waals surface area contributed by atoms with Crippen molar-refractivity contribution in [3.05, 3.63) is 53.3 Å². The molecule has 1 unspecified atom stereocenters. The summed E-state index contributed by atoms with van der Waals surface area (Å²) in [4.78, 5) is 0. The molecule has 0 aliphatic rings. The number of aliphatic hydroxyl groups is 1. The van der Waals surface area contributed by atoms with E-state index in [9.17, 15) is 9.50 Å². The minimum atomic E-state index is -0.939. The molecular formula is C15H15FN2O2. The van der Waals surface area contributed by atoms with Crippen molar-refractivity contribution in [3.8, 4) is 0 Å². The summed E-state index contributed by atoms with van der Waals surface area (Å²) in [6.45, 7) is 1.97. The standard InChI is InChI=1S/C15H15FN2O2/c1-3-12-10(8-18(2)17-12)14(19)13-7-9-5-4-6-11(16)15(9)20-13/h4-8,14,19H,3H2,1-2H3. The Morgan fingerprint density at radius 1 is 1.45 bits per heavy atom. The maximum atomic E-state index is 13.6. The van der Waals surface area contributed by atoms with Crippen LogP contribution in [0.3, 0.4) is 0 Å². The number of fused-ring (bicyclic) bond motifs is 1. The van der Waals surface area contributed by atoms with Crippen LogP contribution in [0.5, 0.6) is 0 Å². The van der Waals surface area contributed by atoms with E-state index in [1.54, 1.807) is 36.1 Å². The number of aliphatic hydroxyl groups excluding tert-OH is 1. The van der Waals surface area contributed by atoms with E-state index >= 15 is 0 Å². The van der Waals surface area contributed by atoms with E-state index in [0.29, 0.717) is 23.1 Å². The van der Waals surface area contributed by atoms with Crippen LogP contribution in [0, 0.1) is 5.82 Å². The molecule has 1 atom stereocenters. The minimum Gasteiger partial charge on any atom is -0.455 e. The molecular weight excluding hydrogens is 259 g/mol. The van der Waals surface area contributed by atoms with E-state index in [-0.39, 0.29) is 5.58 Å². The van der Waals surface area contributed by atoms with Gasteiger partial charge in [-0.3, -0.25) is 4.68 Å². The highest BCUT2D eigenvalue weighted by atomic mass is 19.1. The molecule has 4 nitrogen and oxygen atoms in total. The summed E-state index contributed by atoms with van der Waals surface area (Å²) in [5.41, 5.74) is 1.67. The van der Waals surface area contributed by atoms with Crippen molar-refractivity contribution in [3.63, 3.8) is 0 Å². The van der Waals surface area contributed by atoms with Crippen LogP contribution in [0.2, 0.25) is 0 Å². The lowest BCUT2D eigenvalue weighted by molar-refractivity contribution is 0.191. The maximum absolute atomic E-state index is 13.6. The summed E-state index contributed by atoms with van der Waals surface area (Å²) in [7, 11) is 1.80. The molecule has 0 aliphatic carbocycles. The molecule has 0 fully saturated rings. The predicted molar refractivity (Wildman–Crippen MR) is 72.8 cm³/mol. The average molecular weight is 274 g/mol. The number of rotatable bonds is 3. The summed E-state index contributed by atoms with van der Waals surface area (Å²) in [5, 5.41) is 15.4. The molecule has 5 heteroatoms. The number of para-hydroxylation sites is 1. The van der Waals surface area contributed by atoms with Crippen LogP contribution in [0.25, 0.3) is 11.0 Å². The molecule has 0 saturated carbocycles. The van der Waals surface area contributed by atoms with Crippen molar-refractivity contribution >= 4 is 11.0 Å². The van der Waals surface area contributed by atoms with Gasteiger partial charge in [0.15, 0.2) is 11.4 Å². The molecule has 104 valence electrons. The first-order chi connectivity index (χ1) is 9.60.